The Balaban J connectivity index is 3.58. The van der Waals surface area contributed by atoms with Gasteiger partial charge in [0.2, 0.25) is 0 Å². The van der Waals surface area contributed by atoms with Crippen LogP contribution in [-0.4, -0.2) is 24.7 Å². The van der Waals surface area contributed by atoms with Crippen LogP contribution >= 0.6 is 0 Å². The first-order valence-electron chi connectivity index (χ1n) is 3.55. The van der Waals surface area contributed by atoms with E-state index < -0.39 is 0 Å². The molecule has 0 aliphatic rings. The molecule has 9 heavy (non-hydrogen) atoms. The van der Waals surface area contributed by atoms with Gasteiger partial charge in [-0.1, -0.05) is 20.8 Å². The molecule has 0 radical (unpaired) electrons. The van der Waals surface area contributed by atoms with Crippen molar-refractivity contribution >= 4 is 0 Å². The fourth-order valence-electron chi connectivity index (χ4n) is 0.720. The van der Waals surface area contributed by atoms with E-state index in [2.05, 4.69) is 25.7 Å². The molecular formula is C7H18N2. The van der Waals surface area contributed by atoms with Crippen LogP contribution in [0.5, 0.6) is 0 Å². The van der Waals surface area contributed by atoms with Gasteiger partial charge in [0.15, 0.2) is 0 Å². The normalized spacial score (nSPS) is 15.0. The van der Waals surface area contributed by atoms with Crippen LogP contribution in [0.25, 0.3) is 0 Å². The highest BCUT2D eigenvalue weighted by Gasteiger charge is 2.10. The molecule has 0 saturated heterocycles. The highest BCUT2D eigenvalue weighted by atomic mass is 15.2. The first-order chi connectivity index (χ1) is 4.09. The van der Waals surface area contributed by atoms with Gasteiger partial charge in [-0.05, 0) is 19.5 Å². The molecule has 0 aliphatic carbocycles. The molecule has 0 fully saturated rings. The summed E-state index contributed by atoms with van der Waals surface area (Å²) in [5, 5.41) is 0. The average molecular weight is 130 g/mol. The summed E-state index contributed by atoms with van der Waals surface area (Å²) < 4.78 is 0. The van der Waals surface area contributed by atoms with Crippen LogP contribution in [0.4, 0.5) is 0 Å². The Bertz CT molecular complexity index is 71.3. The summed E-state index contributed by atoms with van der Waals surface area (Å²) in [6.07, 6.45) is 0.218. The zero-order chi connectivity index (χ0) is 7.44. The minimum absolute atomic E-state index is 0.218. The maximum Gasteiger partial charge on any atom is 0.0592 e. The van der Waals surface area contributed by atoms with Gasteiger partial charge < -0.3 is 5.73 Å². The summed E-state index contributed by atoms with van der Waals surface area (Å²) in [4.78, 5) is 2.14. The van der Waals surface area contributed by atoms with Crippen molar-refractivity contribution in [1.82, 2.24) is 4.90 Å². The fraction of sp³-hybridized carbons (Fsp3) is 1.00. The van der Waals surface area contributed by atoms with E-state index in [-0.39, 0.29) is 6.17 Å². The van der Waals surface area contributed by atoms with Crippen LogP contribution in [0.15, 0.2) is 0 Å². The van der Waals surface area contributed by atoms with Gasteiger partial charge in [0, 0.05) is 0 Å². The molecule has 0 aromatic carbocycles. The molecule has 2 nitrogen and oxygen atoms in total. The van der Waals surface area contributed by atoms with E-state index in [1.54, 1.807) is 0 Å². The van der Waals surface area contributed by atoms with Gasteiger partial charge in [0.05, 0.1) is 6.17 Å². The second-order valence-electron chi connectivity index (χ2n) is 2.81. The molecule has 0 heterocycles. The highest BCUT2D eigenvalue weighted by Crippen LogP contribution is 2.00. The molecule has 0 saturated carbocycles. The van der Waals surface area contributed by atoms with E-state index >= 15 is 0 Å². The SMILES string of the molecule is CCN(C)C(N)C(C)C. The molecule has 0 amide bonds. The molecule has 0 aromatic heterocycles. The summed E-state index contributed by atoms with van der Waals surface area (Å²) in [6, 6.07) is 0. The third kappa shape index (κ3) is 2.82. The monoisotopic (exact) mass is 130 g/mol. The second-order valence-corrected chi connectivity index (χ2v) is 2.81. The van der Waals surface area contributed by atoms with Crippen molar-refractivity contribution < 1.29 is 0 Å². The Kier molecular flexibility index (Phi) is 3.82. The number of hydrogen-bond donors (Lipinski definition) is 1. The predicted molar refractivity (Wildman–Crippen MR) is 41.1 cm³/mol. The Morgan fingerprint density at radius 3 is 2.00 bits per heavy atom. The summed E-state index contributed by atoms with van der Waals surface area (Å²) in [7, 11) is 2.05. The number of rotatable bonds is 3. The van der Waals surface area contributed by atoms with Gasteiger partial charge in [0.25, 0.3) is 0 Å². The average Bonchev–Trinajstić information content (AvgIpc) is 1.84. The van der Waals surface area contributed by atoms with E-state index in [1.165, 1.54) is 0 Å². The zero-order valence-corrected chi connectivity index (χ0v) is 6.89. The van der Waals surface area contributed by atoms with E-state index in [1.807, 2.05) is 7.05 Å². The molecule has 1 unspecified atom stereocenters. The van der Waals surface area contributed by atoms with Crippen LogP contribution in [0.1, 0.15) is 20.8 Å². The van der Waals surface area contributed by atoms with Gasteiger partial charge in [0.1, 0.15) is 0 Å². The van der Waals surface area contributed by atoms with Gasteiger partial charge in [-0.2, -0.15) is 0 Å². The number of nitrogens with zero attached hydrogens (tertiary/aromatic N) is 1. The Morgan fingerprint density at radius 1 is 1.44 bits per heavy atom. The Morgan fingerprint density at radius 2 is 1.89 bits per heavy atom. The summed E-state index contributed by atoms with van der Waals surface area (Å²) >= 11 is 0. The van der Waals surface area contributed by atoms with E-state index in [0.29, 0.717) is 5.92 Å². The minimum atomic E-state index is 0.218. The lowest BCUT2D eigenvalue weighted by Gasteiger charge is -2.25. The topological polar surface area (TPSA) is 29.3 Å². The van der Waals surface area contributed by atoms with Crippen molar-refractivity contribution in [1.29, 1.82) is 0 Å². The largest absolute Gasteiger partial charge is 0.316 e. The zero-order valence-electron chi connectivity index (χ0n) is 6.89. The van der Waals surface area contributed by atoms with Crippen LogP contribution in [0, 0.1) is 5.92 Å². The van der Waals surface area contributed by atoms with E-state index in [9.17, 15) is 0 Å². The summed E-state index contributed by atoms with van der Waals surface area (Å²) in [5.41, 5.74) is 5.80. The van der Waals surface area contributed by atoms with Gasteiger partial charge in [-0.15, -0.1) is 0 Å². The molecule has 1 atom stereocenters. The van der Waals surface area contributed by atoms with Gasteiger partial charge >= 0.3 is 0 Å². The van der Waals surface area contributed by atoms with E-state index in [0.717, 1.165) is 6.54 Å². The summed E-state index contributed by atoms with van der Waals surface area (Å²) in [5.74, 6) is 0.551. The molecule has 0 spiro atoms. The fourth-order valence-corrected chi connectivity index (χ4v) is 0.720. The quantitative estimate of drug-likeness (QED) is 0.575. The third-order valence-corrected chi connectivity index (χ3v) is 1.69. The standard InChI is InChI=1S/C7H18N2/c1-5-9(4)7(8)6(2)3/h6-7H,5,8H2,1-4H3. The first kappa shape index (κ1) is 8.92. The van der Waals surface area contributed by atoms with Crippen molar-refractivity contribution in [3.63, 3.8) is 0 Å². The third-order valence-electron chi connectivity index (χ3n) is 1.69. The van der Waals surface area contributed by atoms with Crippen LogP contribution < -0.4 is 5.73 Å². The summed E-state index contributed by atoms with van der Waals surface area (Å²) in [6.45, 7) is 7.41. The van der Waals surface area contributed by atoms with Crippen molar-refractivity contribution in [2.75, 3.05) is 13.6 Å². The minimum Gasteiger partial charge on any atom is -0.316 e. The molecule has 2 heteroatoms. The Hall–Kier alpha value is -0.0800. The maximum absolute atomic E-state index is 5.80. The van der Waals surface area contributed by atoms with Crippen LogP contribution in [0.3, 0.4) is 0 Å². The van der Waals surface area contributed by atoms with Crippen LogP contribution in [0.2, 0.25) is 0 Å². The smallest absolute Gasteiger partial charge is 0.0592 e. The highest BCUT2D eigenvalue weighted by molar-refractivity contribution is 4.62. The molecule has 2 N–H and O–H groups in total. The predicted octanol–water partition coefficient (Wildman–Crippen LogP) is 0.879. The lowest BCUT2D eigenvalue weighted by atomic mass is 10.1. The van der Waals surface area contributed by atoms with Gasteiger partial charge in [-0.25, -0.2) is 0 Å². The lowest BCUT2D eigenvalue weighted by Crippen LogP contribution is -2.42. The Labute approximate surface area is 58.0 Å². The van der Waals surface area contributed by atoms with Crippen molar-refractivity contribution in [3.05, 3.63) is 0 Å². The second kappa shape index (κ2) is 3.85. The number of nitrogens with two attached hydrogens (primary N) is 1. The van der Waals surface area contributed by atoms with Gasteiger partial charge in [-0.3, -0.25) is 4.90 Å². The molecular weight excluding hydrogens is 112 g/mol. The molecule has 56 valence electrons. The van der Waals surface area contributed by atoms with Crippen LogP contribution in [-0.2, 0) is 0 Å². The lowest BCUT2D eigenvalue weighted by molar-refractivity contribution is 0.206. The first-order valence-corrected chi connectivity index (χ1v) is 3.55. The van der Waals surface area contributed by atoms with Crippen molar-refractivity contribution in [2.45, 2.75) is 26.9 Å². The molecule has 0 aliphatic heterocycles. The van der Waals surface area contributed by atoms with E-state index in [4.69, 9.17) is 5.73 Å². The molecule has 0 rings (SSSR count). The van der Waals surface area contributed by atoms with Crippen molar-refractivity contribution in [3.8, 4) is 0 Å². The van der Waals surface area contributed by atoms with Crippen molar-refractivity contribution in [2.24, 2.45) is 11.7 Å². The molecule has 0 bridgehead atoms. The molecule has 0 aromatic rings. The maximum atomic E-state index is 5.80. The number of hydrogen-bond acceptors (Lipinski definition) is 2.